The number of nitriles is 1. The molecule has 21 heavy (non-hydrogen) atoms. The van der Waals surface area contributed by atoms with Gasteiger partial charge in [0.15, 0.2) is 0 Å². The van der Waals surface area contributed by atoms with Crippen molar-refractivity contribution in [2.24, 2.45) is 0 Å². The van der Waals surface area contributed by atoms with Crippen LogP contribution in [0.25, 0.3) is 0 Å². The summed E-state index contributed by atoms with van der Waals surface area (Å²) in [6.07, 6.45) is 3.43. The Morgan fingerprint density at radius 1 is 1.10 bits per heavy atom. The van der Waals surface area contributed by atoms with Gasteiger partial charge in [-0.15, -0.1) is 0 Å². The minimum Gasteiger partial charge on any atom is -0.399 e. The second kappa shape index (κ2) is 5.71. The van der Waals surface area contributed by atoms with Crippen LogP contribution in [-0.4, -0.2) is 31.2 Å². The zero-order chi connectivity index (χ0) is 14.7. The summed E-state index contributed by atoms with van der Waals surface area (Å²) in [7, 11) is 0. The van der Waals surface area contributed by atoms with Crippen molar-refractivity contribution in [2.75, 3.05) is 41.7 Å². The lowest BCUT2D eigenvalue weighted by Gasteiger charge is -2.37. The molecule has 1 aliphatic heterocycles. The largest absolute Gasteiger partial charge is 0.399 e. The minimum absolute atomic E-state index is 0.683. The number of nitrogens with two attached hydrogens (primary N) is 1. The fourth-order valence-corrected chi connectivity index (χ4v) is 2.66. The lowest BCUT2D eigenvalue weighted by atomic mass is 10.2. The molecule has 106 valence electrons. The summed E-state index contributed by atoms with van der Waals surface area (Å²) >= 11 is 0. The van der Waals surface area contributed by atoms with Crippen molar-refractivity contribution in [1.29, 1.82) is 5.26 Å². The Balaban J connectivity index is 1.72. The third-order valence-corrected chi connectivity index (χ3v) is 3.78. The summed E-state index contributed by atoms with van der Waals surface area (Å²) in [4.78, 5) is 8.67. The molecule has 2 N–H and O–H groups in total. The van der Waals surface area contributed by atoms with E-state index in [4.69, 9.17) is 5.73 Å². The molecule has 3 rings (SSSR count). The molecule has 1 aliphatic rings. The normalized spacial score (nSPS) is 14.8. The van der Waals surface area contributed by atoms with Crippen LogP contribution in [0.5, 0.6) is 0 Å². The molecule has 5 nitrogen and oxygen atoms in total. The maximum atomic E-state index is 9.18. The number of benzene rings is 1. The van der Waals surface area contributed by atoms with Crippen molar-refractivity contribution in [1.82, 2.24) is 4.98 Å². The molecule has 2 heterocycles. The lowest BCUT2D eigenvalue weighted by Crippen LogP contribution is -2.46. The zero-order valence-electron chi connectivity index (χ0n) is 11.7. The van der Waals surface area contributed by atoms with Crippen molar-refractivity contribution in [2.45, 2.75) is 0 Å². The molecule has 0 unspecified atom stereocenters. The predicted molar refractivity (Wildman–Crippen MR) is 84.2 cm³/mol. The molecule has 1 fully saturated rings. The highest BCUT2D eigenvalue weighted by Gasteiger charge is 2.19. The van der Waals surface area contributed by atoms with E-state index in [0.717, 1.165) is 43.2 Å². The SMILES string of the molecule is N#Cc1ccncc1N1CCN(c2cccc(N)c2)CC1. The highest BCUT2D eigenvalue weighted by atomic mass is 15.3. The van der Waals surface area contributed by atoms with E-state index in [0.29, 0.717) is 5.56 Å². The standard InChI is InChI=1S/C16H17N5/c17-11-13-4-5-19-12-16(13)21-8-6-20(7-9-21)15-3-1-2-14(18)10-15/h1-5,10,12H,6-9,18H2. The van der Waals surface area contributed by atoms with Gasteiger partial charge in [-0.1, -0.05) is 6.07 Å². The number of aromatic nitrogens is 1. The molecule has 0 amide bonds. The highest BCUT2D eigenvalue weighted by molar-refractivity contribution is 5.60. The van der Waals surface area contributed by atoms with Gasteiger partial charge in [-0.3, -0.25) is 4.98 Å². The van der Waals surface area contributed by atoms with Gasteiger partial charge >= 0.3 is 0 Å². The average Bonchev–Trinajstić information content (AvgIpc) is 2.55. The fourth-order valence-electron chi connectivity index (χ4n) is 2.66. The quantitative estimate of drug-likeness (QED) is 0.850. The Hall–Kier alpha value is -2.74. The molecule has 5 heteroatoms. The Morgan fingerprint density at radius 3 is 2.57 bits per heavy atom. The van der Waals surface area contributed by atoms with Gasteiger partial charge < -0.3 is 15.5 Å². The average molecular weight is 279 g/mol. The predicted octanol–water partition coefficient (Wildman–Crippen LogP) is 1.86. The van der Waals surface area contributed by atoms with E-state index in [1.165, 1.54) is 0 Å². The van der Waals surface area contributed by atoms with E-state index in [-0.39, 0.29) is 0 Å². The lowest BCUT2D eigenvalue weighted by molar-refractivity contribution is 0.652. The zero-order valence-corrected chi connectivity index (χ0v) is 11.7. The number of nitrogens with zero attached hydrogens (tertiary/aromatic N) is 4. The fraction of sp³-hybridized carbons (Fsp3) is 0.250. The Morgan fingerprint density at radius 2 is 1.86 bits per heavy atom. The summed E-state index contributed by atoms with van der Waals surface area (Å²) in [6, 6.07) is 12.0. The summed E-state index contributed by atoms with van der Waals surface area (Å²) in [5, 5.41) is 9.18. The number of anilines is 3. The number of rotatable bonds is 2. The van der Waals surface area contributed by atoms with Gasteiger partial charge in [-0.05, 0) is 24.3 Å². The van der Waals surface area contributed by atoms with Crippen molar-refractivity contribution in [3.8, 4) is 6.07 Å². The van der Waals surface area contributed by atoms with Gasteiger partial charge in [0.05, 0.1) is 17.4 Å². The molecule has 0 bridgehead atoms. The van der Waals surface area contributed by atoms with Crippen molar-refractivity contribution >= 4 is 17.1 Å². The Kier molecular flexibility index (Phi) is 3.61. The highest BCUT2D eigenvalue weighted by Crippen LogP contribution is 2.23. The van der Waals surface area contributed by atoms with Gasteiger partial charge in [-0.2, -0.15) is 5.26 Å². The number of hydrogen-bond acceptors (Lipinski definition) is 5. The first kappa shape index (κ1) is 13.3. The van der Waals surface area contributed by atoms with Crippen LogP contribution < -0.4 is 15.5 Å². The molecule has 0 saturated carbocycles. The van der Waals surface area contributed by atoms with E-state index in [9.17, 15) is 5.26 Å². The molecule has 2 aromatic rings. The third-order valence-electron chi connectivity index (χ3n) is 3.78. The number of nitrogen functional groups attached to an aromatic ring is 1. The van der Waals surface area contributed by atoms with Gasteiger partial charge in [-0.25, -0.2) is 0 Å². The van der Waals surface area contributed by atoms with Crippen LogP contribution in [0.3, 0.4) is 0 Å². The molecule has 1 saturated heterocycles. The second-order valence-corrected chi connectivity index (χ2v) is 5.07. The smallest absolute Gasteiger partial charge is 0.101 e. The van der Waals surface area contributed by atoms with E-state index < -0.39 is 0 Å². The maximum absolute atomic E-state index is 9.18. The van der Waals surface area contributed by atoms with Crippen LogP contribution in [0.15, 0.2) is 42.7 Å². The maximum Gasteiger partial charge on any atom is 0.101 e. The minimum atomic E-state index is 0.683. The van der Waals surface area contributed by atoms with Crippen LogP contribution >= 0.6 is 0 Å². The van der Waals surface area contributed by atoms with Crippen LogP contribution in [0.4, 0.5) is 17.1 Å². The molecule has 0 radical (unpaired) electrons. The molecular weight excluding hydrogens is 262 g/mol. The van der Waals surface area contributed by atoms with E-state index in [1.807, 2.05) is 18.2 Å². The summed E-state index contributed by atoms with van der Waals surface area (Å²) in [5.41, 5.74) is 9.39. The van der Waals surface area contributed by atoms with Gasteiger partial charge in [0.2, 0.25) is 0 Å². The molecular formula is C16H17N5. The topological polar surface area (TPSA) is 69.2 Å². The van der Waals surface area contributed by atoms with Gasteiger partial charge in [0, 0.05) is 43.8 Å². The number of piperazine rings is 1. The summed E-state index contributed by atoms with van der Waals surface area (Å²) in [6.45, 7) is 3.55. The number of pyridine rings is 1. The monoisotopic (exact) mass is 279 g/mol. The van der Waals surface area contributed by atoms with Crippen molar-refractivity contribution < 1.29 is 0 Å². The van der Waals surface area contributed by atoms with Crippen LogP contribution in [0.2, 0.25) is 0 Å². The van der Waals surface area contributed by atoms with Crippen LogP contribution in [0.1, 0.15) is 5.56 Å². The molecule has 0 atom stereocenters. The molecule has 0 aliphatic carbocycles. The van der Waals surface area contributed by atoms with E-state index in [2.05, 4.69) is 26.9 Å². The Bertz CT molecular complexity index is 668. The van der Waals surface area contributed by atoms with Gasteiger partial charge in [0.1, 0.15) is 6.07 Å². The first-order valence-corrected chi connectivity index (χ1v) is 6.97. The van der Waals surface area contributed by atoms with E-state index >= 15 is 0 Å². The van der Waals surface area contributed by atoms with Gasteiger partial charge in [0.25, 0.3) is 0 Å². The van der Waals surface area contributed by atoms with Crippen molar-refractivity contribution in [3.05, 3.63) is 48.3 Å². The molecule has 0 spiro atoms. The second-order valence-electron chi connectivity index (χ2n) is 5.07. The van der Waals surface area contributed by atoms with Crippen LogP contribution in [0, 0.1) is 11.3 Å². The Labute approximate surface area is 124 Å². The molecule has 1 aromatic heterocycles. The first-order chi connectivity index (χ1) is 10.3. The van der Waals surface area contributed by atoms with Crippen LogP contribution in [-0.2, 0) is 0 Å². The third kappa shape index (κ3) is 2.75. The van der Waals surface area contributed by atoms with E-state index in [1.54, 1.807) is 18.5 Å². The molecule has 1 aromatic carbocycles. The van der Waals surface area contributed by atoms with Crippen molar-refractivity contribution in [3.63, 3.8) is 0 Å². The summed E-state index contributed by atoms with van der Waals surface area (Å²) < 4.78 is 0. The first-order valence-electron chi connectivity index (χ1n) is 6.97. The summed E-state index contributed by atoms with van der Waals surface area (Å²) in [5.74, 6) is 0. The number of hydrogen-bond donors (Lipinski definition) is 1.